The van der Waals surface area contributed by atoms with Crippen LogP contribution < -0.4 is 20.5 Å². The van der Waals surface area contributed by atoms with Crippen molar-refractivity contribution in [3.8, 4) is 17.0 Å². The summed E-state index contributed by atoms with van der Waals surface area (Å²) in [7, 11) is -2.09. The summed E-state index contributed by atoms with van der Waals surface area (Å²) in [6, 6.07) is 15.8. The Hall–Kier alpha value is -3.21. The van der Waals surface area contributed by atoms with Crippen molar-refractivity contribution in [1.29, 1.82) is 0 Å². The van der Waals surface area contributed by atoms with E-state index < -0.39 is 10.0 Å². The molecule has 0 bridgehead atoms. The molecule has 10 heteroatoms. The molecule has 0 fully saturated rings. The van der Waals surface area contributed by atoms with Crippen molar-refractivity contribution < 1.29 is 17.9 Å². The molecular formula is C21H23N5O4S. The molecule has 1 atom stereocenters. The van der Waals surface area contributed by atoms with E-state index in [1.165, 1.54) is 12.1 Å². The van der Waals surface area contributed by atoms with E-state index in [1.807, 2.05) is 24.3 Å². The summed E-state index contributed by atoms with van der Waals surface area (Å²) in [5.41, 5.74) is 3.01. The number of sulfonamides is 1. The standard InChI is InChI=1S/C21H23N5O4S/c1-30-16-4-2-3-15(11-16)18-12-19-21(27)24-13-20(26(19)25-18)23-10-9-14-5-7-17(8-6-14)31(22,28)29/h2-8,11-12,20,23H,9-10,13H2,1H3,(H,24,27)(H2,22,28,29)/t20-/m0/s1. The Labute approximate surface area is 180 Å². The van der Waals surface area contributed by atoms with Gasteiger partial charge < -0.3 is 10.1 Å². The highest BCUT2D eigenvalue weighted by molar-refractivity contribution is 7.89. The van der Waals surface area contributed by atoms with Crippen LogP contribution in [0.2, 0.25) is 0 Å². The van der Waals surface area contributed by atoms with Gasteiger partial charge in [0.1, 0.15) is 17.6 Å². The number of ether oxygens (including phenoxy) is 1. The van der Waals surface area contributed by atoms with E-state index in [9.17, 15) is 13.2 Å². The maximum atomic E-state index is 12.3. The SMILES string of the molecule is COc1cccc(-c2cc3n(n2)[C@H](NCCc2ccc(S(N)(=O)=O)cc2)CNC3=O)c1. The molecular weight excluding hydrogens is 418 g/mol. The number of fused-ring (bicyclic) bond motifs is 1. The third-order valence-electron chi connectivity index (χ3n) is 5.13. The molecule has 4 rings (SSSR count). The number of nitrogens with one attached hydrogen (secondary N) is 2. The van der Waals surface area contributed by atoms with E-state index in [0.29, 0.717) is 30.9 Å². The lowest BCUT2D eigenvalue weighted by Gasteiger charge is -2.25. The lowest BCUT2D eigenvalue weighted by Crippen LogP contribution is -2.45. The predicted molar refractivity (Wildman–Crippen MR) is 115 cm³/mol. The van der Waals surface area contributed by atoms with E-state index in [0.717, 1.165) is 16.9 Å². The Morgan fingerprint density at radius 3 is 2.71 bits per heavy atom. The largest absolute Gasteiger partial charge is 0.497 e. The summed E-state index contributed by atoms with van der Waals surface area (Å²) < 4.78 is 29.7. The number of carbonyl (C=O) groups is 1. The third-order valence-corrected chi connectivity index (χ3v) is 6.06. The zero-order chi connectivity index (χ0) is 22.0. The number of amides is 1. The molecule has 0 radical (unpaired) electrons. The van der Waals surface area contributed by atoms with Crippen molar-refractivity contribution in [3.63, 3.8) is 0 Å². The van der Waals surface area contributed by atoms with Gasteiger partial charge in [0.25, 0.3) is 5.91 Å². The van der Waals surface area contributed by atoms with E-state index >= 15 is 0 Å². The molecule has 1 aliphatic heterocycles. The molecule has 3 aromatic rings. The Morgan fingerprint density at radius 2 is 2.00 bits per heavy atom. The maximum Gasteiger partial charge on any atom is 0.269 e. The minimum Gasteiger partial charge on any atom is -0.497 e. The average molecular weight is 442 g/mol. The minimum atomic E-state index is -3.70. The van der Waals surface area contributed by atoms with Gasteiger partial charge in [0.2, 0.25) is 10.0 Å². The smallest absolute Gasteiger partial charge is 0.269 e. The van der Waals surface area contributed by atoms with Crippen molar-refractivity contribution in [3.05, 3.63) is 65.9 Å². The maximum absolute atomic E-state index is 12.3. The molecule has 0 aliphatic carbocycles. The molecule has 2 heterocycles. The highest BCUT2D eigenvalue weighted by atomic mass is 32.2. The van der Waals surface area contributed by atoms with Crippen LogP contribution in [0.25, 0.3) is 11.3 Å². The second-order valence-corrected chi connectivity index (χ2v) is 8.77. The Balaban J connectivity index is 1.47. The number of carbonyl (C=O) groups excluding carboxylic acids is 1. The van der Waals surface area contributed by atoms with Crippen LogP contribution in [0.3, 0.4) is 0 Å². The van der Waals surface area contributed by atoms with Crippen LogP contribution in [0.1, 0.15) is 22.2 Å². The van der Waals surface area contributed by atoms with Crippen LogP contribution in [-0.4, -0.2) is 44.3 Å². The summed E-state index contributed by atoms with van der Waals surface area (Å²) in [6.07, 6.45) is 0.477. The first kappa shape index (κ1) is 21.0. The molecule has 4 N–H and O–H groups in total. The molecule has 0 unspecified atom stereocenters. The first-order chi connectivity index (χ1) is 14.8. The number of hydrogen-bond acceptors (Lipinski definition) is 6. The molecule has 31 heavy (non-hydrogen) atoms. The number of benzene rings is 2. The highest BCUT2D eigenvalue weighted by Crippen LogP contribution is 2.25. The molecule has 162 valence electrons. The van der Waals surface area contributed by atoms with Crippen molar-refractivity contribution in [1.82, 2.24) is 20.4 Å². The fraction of sp³-hybridized carbons (Fsp3) is 0.238. The van der Waals surface area contributed by atoms with Crippen LogP contribution in [0, 0.1) is 0 Å². The Kier molecular flexibility index (Phi) is 5.77. The van der Waals surface area contributed by atoms with E-state index in [4.69, 9.17) is 9.88 Å². The summed E-state index contributed by atoms with van der Waals surface area (Å²) in [4.78, 5) is 12.4. The molecule has 0 saturated carbocycles. The van der Waals surface area contributed by atoms with Gasteiger partial charge in [-0.3, -0.25) is 10.1 Å². The topological polar surface area (TPSA) is 128 Å². The fourth-order valence-electron chi connectivity index (χ4n) is 3.48. The van der Waals surface area contributed by atoms with Crippen molar-refractivity contribution in [2.45, 2.75) is 17.5 Å². The van der Waals surface area contributed by atoms with Crippen LogP contribution in [0.5, 0.6) is 5.75 Å². The van der Waals surface area contributed by atoms with E-state index in [1.54, 1.807) is 30.0 Å². The van der Waals surface area contributed by atoms with E-state index in [2.05, 4.69) is 15.7 Å². The molecule has 2 aromatic carbocycles. The van der Waals surface area contributed by atoms with Gasteiger partial charge in [0.15, 0.2) is 0 Å². The minimum absolute atomic E-state index is 0.0884. The summed E-state index contributed by atoms with van der Waals surface area (Å²) >= 11 is 0. The highest BCUT2D eigenvalue weighted by Gasteiger charge is 2.27. The Bertz CT molecular complexity index is 1200. The molecule has 0 saturated heterocycles. The van der Waals surface area contributed by atoms with Crippen molar-refractivity contribution in [2.24, 2.45) is 5.14 Å². The van der Waals surface area contributed by atoms with Gasteiger partial charge in [-0.2, -0.15) is 5.10 Å². The second kappa shape index (κ2) is 8.50. The summed E-state index contributed by atoms with van der Waals surface area (Å²) in [5.74, 6) is 0.550. The number of nitrogens with zero attached hydrogens (tertiary/aromatic N) is 2. The number of rotatable bonds is 7. The normalized spacial score (nSPS) is 15.9. The molecule has 1 aromatic heterocycles. The Morgan fingerprint density at radius 1 is 1.23 bits per heavy atom. The predicted octanol–water partition coefficient (Wildman–Crippen LogP) is 1.28. The number of aromatic nitrogens is 2. The first-order valence-electron chi connectivity index (χ1n) is 9.72. The number of primary sulfonamides is 1. The zero-order valence-corrected chi connectivity index (χ0v) is 17.7. The molecule has 1 aliphatic rings. The summed E-state index contributed by atoms with van der Waals surface area (Å²) in [5, 5.41) is 16.1. The van der Waals surface area contributed by atoms with Gasteiger partial charge >= 0.3 is 0 Å². The van der Waals surface area contributed by atoms with Gasteiger partial charge in [-0.1, -0.05) is 24.3 Å². The van der Waals surface area contributed by atoms with Crippen LogP contribution in [0.4, 0.5) is 0 Å². The molecule has 1 amide bonds. The van der Waals surface area contributed by atoms with Crippen LogP contribution in [0.15, 0.2) is 59.5 Å². The van der Waals surface area contributed by atoms with Gasteiger partial charge in [-0.15, -0.1) is 0 Å². The van der Waals surface area contributed by atoms with Gasteiger partial charge in [-0.05, 0) is 42.3 Å². The number of hydrogen-bond donors (Lipinski definition) is 3. The lowest BCUT2D eigenvalue weighted by atomic mass is 10.1. The van der Waals surface area contributed by atoms with Crippen LogP contribution >= 0.6 is 0 Å². The first-order valence-corrected chi connectivity index (χ1v) is 11.3. The van der Waals surface area contributed by atoms with Crippen LogP contribution in [-0.2, 0) is 16.4 Å². The average Bonchev–Trinajstić information content (AvgIpc) is 3.22. The second-order valence-electron chi connectivity index (χ2n) is 7.21. The lowest BCUT2D eigenvalue weighted by molar-refractivity contribution is 0.0900. The van der Waals surface area contributed by atoms with Crippen molar-refractivity contribution in [2.75, 3.05) is 20.2 Å². The molecule has 9 nitrogen and oxygen atoms in total. The summed E-state index contributed by atoms with van der Waals surface area (Å²) in [6.45, 7) is 1.03. The van der Waals surface area contributed by atoms with E-state index in [-0.39, 0.29) is 17.0 Å². The monoisotopic (exact) mass is 441 g/mol. The van der Waals surface area contributed by atoms with Gasteiger partial charge in [-0.25, -0.2) is 18.2 Å². The zero-order valence-electron chi connectivity index (χ0n) is 16.9. The molecule has 0 spiro atoms. The quantitative estimate of drug-likeness (QED) is 0.507. The van der Waals surface area contributed by atoms with Gasteiger partial charge in [0, 0.05) is 12.1 Å². The number of nitrogens with two attached hydrogens (primary N) is 1. The van der Waals surface area contributed by atoms with Gasteiger partial charge in [0.05, 0.1) is 24.2 Å². The van der Waals surface area contributed by atoms with Crippen molar-refractivity contribution >= 4 is 15.9 Å². The number of methoxy groups -OCH3 is 1. The third kappa shape index (κ3) is 4.61. The fourth-order valence-corrected chi connectivity index (χ4v) is 3.99.